The quantitative estimate of drug-likeness (QED) is 0.855. The molecule has 124 valence electrons. The van der Waals surface area contributed by atoms with Crippen molar-refractivity contribution in [3.05, 3.63) is 12.0 Å². The van der Waals surface area contributed by atoms with E-state index in [0.717, 1.165) is 42.2 Å². The number of nitrogens with zero attached hydrogens (tertiary/aromatic N) is 6. The molecule has 3 heterocycles. The number of hydrogen-bond donors (Lipinski definition) is 0. The van der Waals surface area contributed by atoms with Crippen LogP contribution in [0.3, 0.4) is 0 Å². The highest BCUT2D eigenvalue weighted by molar-refractivity contribution is 5.93. The van der Waals surface area contributed by atoms with Crippen LogP contribution in [-0.2, 0) is 11.8 Å². The van der Waals surface area contributed by atoms with Gasteiger partial charge < -0.3 is 9.80 Å². The van der Waals surface area contributed by atoms with Crippen molar-refractivity contribution >= 4 is 22.8 Å². The van der Waals surface area contributed by atoms with E-state index < -0.39 is 0 Å². The van der Waals surface area contributed by atoms with Gasteiger partial charge in [-0.15, -0.1) is 0 Å². The van der Waals surface area contributed by atoms with Crippen molar-refractivity contribution in [2.45, 2.75) is 33.7 Å². The lowest BCUT2D eigenvalue weighted by Gasteiger charge is -2.40. The molecule has 0 spiro atoms. The Bertz CT molecular complexity index is 737. The maximum absolute atomic E-state index is 12.7. The number of hydrogen-bond acceptors (Lipinski definition) is 5. The van der Waals surface area contributed by atoms with Gasteiger partial charge in [0.2, 0.25) is 5.91 Å². The zero-order valence-electron chi connectivity index (χ0n) is 14.4. The first-order valence-electron chi connectivity index (χ1n) is 8.10. The summed E-state index contributed by atoms with van der Waals surface area (Å²) in [5, 5.41) is 5.37. The van der Waals surface area contributed by atoms with Crippen LogP contribution in [0.1, 0.15) is 26.5 Å². The first kappa shape index (κ1) is 15.7. The molecule has 0 bridgehead atoms. The average Bonchev–Trinajstić information content (AvgIpc) is 2.79. The summed E-state index contributed by atoms with van der Waals surface area (Å²) in [6.45, 7) is 10.5. The lowest BCUT2D eigenvalue weighted by molar-refractivity contribution is -0.134. The Morgan fingerprint density at radius 1 is 1.30 bits per heavy atom. The lowest BCUT2D eigenvalue weighted by Crippen LogP contribution is -2.57. The van der Waals surface area contributed by atoms with E-state index in [0.29, 0.717) is 5.92 Å². The van der Waals surface area contributed by atoms with Gasteiger partial charge in [0.15, 0.2) is 5.65 Å². The van der Waals surface area contributed by atoms with Gasteiger partial charge in [0.25, 0.3) is 0 Å². The number of piperazine rings is 1. The molecule has 1 saturated heterocycles. The molecule has 0 aromatic carbocycles. The number of carbonyl (C=O) groups excluding carboxylic acids is 1. The molecule has 0 aliphatic carbocycles. The van der Waals surface area contributed by atoms with Gasteiger partial charge in [0.05, 0.1) is 11.1 Å². The van der Waals surface area contributed by atoms with Crippen LogP contribution in [0.2, 0.25) is 0 Å². The van der Waals surface area contributed by atoms with Gasteiger partial charge in [0.1, 0.15) is 18.2 Å². The SMILES string of the molecule is Cc1nn(C)c2ncnc(N3CCN(CC(C)C)C(=O)[C@H]3C)c12. The Morgan fingerprint density at radius 3 is 2.74 bits per heavy atom. The second kappa shape index (κ2) is 5.79. The van der Waals surface area contributed by atoms with Gasteiger partial charge >= 0.3 is 0 Å². The third-order valence-electron chi connectivity index (χ3n) is 4.38. The number of rotatable bonds is 3. The van der Waals surface area contributed by atoms with Crippen LogP contribution >= 0.6 is 0 Å². The van der Waals surface area contributed by atoms with Crippen molar-refractivity contribution in [2.24, 2.45) is 13.0 Å². The first-order valence-corrected chi connectivity index (χ1v) is 8.10. The third-order valence-corrected chi connectivity index (χ3v) is 4.38. The Kier molecular flexibility index (Phi) is 3.95. The van der Waals surface area contributed by atoms with Gasteiger partial charge in [-0.2, -0.15) is 5.10 Å². The van der Waals surface area contributed by atoms with Crippen LogP contribution in [-0.4, -0.2) is 56.2 Å². The molecule has 7 heteroatoms. The molecule has 1 fully saturated rings. The van der Waals surface area contributed by atoms with Crippen LogP contribution in [0.15, 0.2) is 6.33 Å². The minimum Gasteiger partial charge on any atom is -0.342 e. The number of aromatic nitrogens is 4. The standard InChI is InChI=1S/C16H24N6O/c1-10(2)8-21-6-7-22(12(4)16(21)23)15-13-11(3)19-20(5)14(13)17-9-18-15/h9-10,12H,6-8H2,1-5H3/t12-/m1/s1. The highest BCUT2D eigenvalue weighted by Crippen LogP contribution is 2.28. The Balaban J connectivity index is 1.96. The maximum atomic E-state index is 12.7. The van der Waals surface area contributed by atoms with Gasteiger partial charge in [-0.3, -0.25) is 9.48 Å². The molecule has 0 unspecified atom stereocenters. The maximum Gasteiger partial charge on any atom is 0.245 e. The molecule has 3 rings (SSSR count). The van der Waals surface area contributed by atoms with E-state index in [1.807, 2.05) is 25.8 Å². The van der Waals surface area contributed by atoms with E-state index in [2.05, 4.69) is 33.8 Å². The summed E-state index contributed by atoms with van der Waals surface area (Å²) in [5.74, 6) is 1.45. The van der Waals surface area contributed by atoms with Crippen molar-refractivity contribution in [1.29, 1.82) is 0 Å². The van der Waals surface area contributed by atoms with E-state index >= 15 is 0 Å². The van der Waals surface area contributed by atoms with Crippen LogP contribution in [0, 0.1) is 12.8 Å². The van der Waals surface area contributed by atoms with Crippen molar-refractivity contribution in [1.82, 2.24) is 24.6 Å². The van der Waals surface area contributed by atoms with E-state index in [9.17, 15) is 4.79 Å². The Hall–Kier alpha value is -2.18. The fourth-order valence-electron chi connectivity index (χ4n) is 3.32. The highest BCUT2D eigenvalue weighted by atomic mass is 16.2. The molecule has 1 amide bonds. The molecule has 2 aromatic rings. The number of fused-ring (bicyclic) bond motifs is 1. The molecule has 0 radical (unpaired) electrons. The van der Waals surface area contributed by atoms with Crippen molar-refractivity contribution in [2.75, 3.05) is 24.5 Å². The summed E-state index contributed by atoms with van der Waals surface area (Å²) < 4.78 is 1.76. The Morgan fingerprint density at radius 2 is 2.04 bits per heavy atom. The number of aryl methyl sites for hydroxylation is 2. The number of anilines is 1. The Labute approximate surface area is 136 Å². The fraction of sp³-hybridized carbons (Fsp3) is 0.625. The molecule has 7 nitrogen and oxygen atoms in total. The smallest absolute Gasteiger partial charge is 0.245 e. The molecule has 1 aliphatic rings. The highest BCUT2D eigenvalue weighted by Gasteiger charge is 2.33. The summed E-state index contributed by atoms with van der Waals surface area (Å²) in [6.07, 6.45) is 1.55. The summed E-state index contributed by atoms with van der Waals surface area (Å²) in [7, 11) is 1.88. The van der Waals surface area contributed by atoms with E-state index in [-0.39, 0.29) is 11.9 Å². The monoisotopic (exact) mass is 316 g/mol. The van der Waals surface area contributed by atoms with Crippen LogP contribution in [0.4, 0.5) is 5.82 Å². The number of amides is 1. The van der Waals surface area contributed by atoms with Crippen molar-refractivity contribution < 1.29 is 4.79 Å². The minimum atomic E-state index is -0.222. The summed E-state index contributed by atoms with van der Waals surface area (Å²) >= 11 is 0. The largest absolute Gasteiger partial charge is 0.342 e. The van der Waals surface area contributed by atoms with Gasteiger partial charge in [-0.25, -0.2) is 9.97 Å². The zero-order valence-corrected chi connectivity index (χ0v) is 14.4. The lowest BCUT2D eigenvalue weighted by atomic mass is 10.1. The second-order valence-corrected chi connectivity index (χ2v) is 6.65. The van der Waals surface area contributed by atoms with E-state index in [1.54, 1.807) is 11.0 Å². The second-order valence-electron chi connectivity index (χ2n) is 6.65. The van der Waals surface area contributed by atoms with Crippen LogP contribution in [0.5, 0.6) is 0 Å². The summed E-state index contributed by atoms with van der Waals surface area (Å²) in [4.78, 5) is 25.5. The van der Waals surface area contributed by atoms with Gasteiger partial charge in [0, 0.05) is 26.7 Å². The zero-order chi connectivity index (χ0) is 16.7. The summed E-state index contributed by atoms with van der Waals surface area (Å²) in [6, 6.07) is -0.222. The molecule has 23 heavy (non-hydrogen) atoms. The predicted octanol–water partition coefficient (Wildman–Crippen LogP) is 1.36. The number of carbonyl (C=O) groups is 1. The fourth-order valence-corrected chi connectivity index (χ4v) is 3.32. The first-order chi connectivity index (χ1) is 10.9. The topological polar surface area (TPSA) is 67.2 Å². The van der Waals surface area contributed by atoms with Crippen LogP contribution in [0.25, 0.3) is 11.0 Å². The molecular formula is C16H24N6O. The molecule has 1 aliphatic heterocycles. The molecule has 0 N–H and O–H groups in total. The average molecular weight is 316 g/mol. The summed E-state index contributed by atoms with van der Waals surface area (Å²) in [5.41, 5.74) is 1.69. The van der Waals surface area contributed by atoms with Gasteiger partial charge in [-0.1, -0.05) is 13.8 Å². The third kappa shape index (κ3) is 2.64. The molecular weight excluding hydrogens is 292 g/mol. The van der Waals surface area contributed by atoms with E-state index in [4.69, 9.17) is 0 Å². The van der Waals surface area contributed by atoms with Gasteiger partial charge in [-0.05, 0) is 19.8 Å². The minimum absolute atomic E-state index is 0.165. The van der Waals surface area contributed by atoms with Crippen molar-refractivity contribution in [3.8, 4) is 0 Å². The van der Waals surface area contributed by atoms with E-state index in [1.165, 1.54) is 0 Å². The molecule has 1 atom stereocenters. The van der Waals surface area contributed by atoms with Crippen LogP contribution < -0.4 is 4.90 Å². The molecule has 2 aromatic heterocycles. The predicted molar refractivity (Wildman–Crippen MR) is 89.3 cm³/mol. The normalized spacial score (nSPS) is 19.2. The molecule has 0 saturated carbocycles. The van der Waals surface area contributed by atoms with Crippen molar-refractivity contribution in [3.63, 3.8) is 0 Å².